The third-order valence-electron chi connectivity index (χ3n) is 6.61. The fourth-order valence-electron chi connectivity index (χ4n) is 4.73. The molecule has 2 aliphatic heterocycles. The molecule has 1 fully saturated rings. The molecular formula is C27H29N3O6. The van der Waals surface area contributed by atoms with Crippen LogP contribution in [0.1, 0.15) is 42.6 Å². The Bertz CT molecular complexity index is 1340. The molecule has 3 heterocycles. The molecule has 1 saturated heterocycles. The summed E-state index contributed by atoms with van der Waals surface area (Å²) in [6.45, 7) is 4.33. The lowest BCUT2D eigenvalue weighted by Crippen LogP contribution is -2.41. The lowest BCUT2D eigenvalue weighted by molar-refractivity contribution is 0.0923. The second-order valence-corrected chi connectivity index (χ2v) is 8.88. The lowest BCUT2D eigenvalue weighted by Gasteiger charge is -2.32. The molecule has 2 aromatic carbocycles. The Kier molecular flexibility index (Phi) is 6.79. The number of benzene rings is 2. The van der Waals surface area contributed by atoms with Gasteiger partial charge in [0.15, 0.2) is 11.5 Å². The standard InChI is InChI=1S/C27H29N3O6/c1-2-34-27(33)29-12-9-19(10-13-29)30-14-11-20-21(26(30)32)5-3-6-22(20)28-25(31)18-7-8-23-24(17-18)36-16-4-15-35-23/h3,5-8,11,14,17,19H,2,4,9-10,12-13,15-16H2,1H3,(H,28,31). The topological polar surface area (TPSA) is 99.1 Å². The van der Waals surface area contributed by atoms with Crippen molar-refractivity contribution in [3.63, 3.8) is 0 Å². The Morgan fingerprint density at radius 3 is 2.58 bits per heavy atom. The highest BCUT2D eigenvalue weighted by Crippen LogP contribution is 2.31. The van der Waals surface area contributed by atoms with E-state index in [0.717, 1.165) is 6.42 Å². The predicted octanol–water partition coefficient (Wildman–Crippen LogP) is 4.21. The first kappa shape index (κ1) is 23.7. The van der Waals surface area contributed by atoms with Gasteiger partial charge in [-0.3, -0.25) is 9.59 Å². The van der Waals surface area contributed by atoms with Crippen molar-refractivity contribution in [2.45, 2.75) is 32.2 Å². The van der Waals surface area contributed by atoms with Crippen molar-refractivity contribution in [1.29, 1.82) is 0 Å². The maximum atomic E-state index is 13.4. The number of nitrogens with one attached hydrogen (secondary N) is 1. The quantitative estimate of drug-likeness (QED) is 0.587. The number of amides is 2. The number of carbonyl (C=O) groups is 2. The molecule has 1 N–H and O–H groups in total. The molecule has 1 aromatic heterocycles. The number of anilines is 1. The zero-order valence-corrected chi connectivity index (χ0v) is 20.2. The molecule has 0 spiro atoms. The van der Waals surface area contributed by atoms with Gasteiger partial charge < -0.3 is 29.0 Å². The number of hydrogen-bond donors (Lipinski definition) is 1. The molecule has 2 amide bonds. The lowest BCUT2D eigenvalue weighted by atomic mass is 10.0. The average Bonchev–Trinajstić information content (AvgIpc) is 3.14. The largest absolute Gasteiger partial charge is 0.490 e. The van der Waals surface area contributed by atoms with Crippen LogP contribution in [-0.4, -0.2) is 54.4 Å². The third-order valence-corrected chi connectivity index (χ3v) is 6.61. The van der Waals surface area contributed by atoms with Crippen LogP contribution in [-0.2, 0) is 4.74 Å². The molecule has 0 atom stereocenters. The predicted molar refractivity (Wildman–Crippen MR) is 135 cm³/mol. The number of nitrogens with zero attached hydrogens (tertiary/aromatic N) is 2. The minimum atomic E-state index is -0.309. The Balaban J connectivity index is 1.35. The van der Waals surface area contributed by atoms with Crippen LogP contribution in [0.4, 0.5) is 10.5 Å². The van der Waals surface area contributed by atoms with Crippen molar-refractivity contribution in [3.05, 3.63) is 64.6 Å². The van der Waals surface area contributed by atoms with Gasteiger partial charge in [0.05, 0.1) is 19.8 Å². The van der Waals surface area contributed by atoms with Crippen LogP contribution in [0.2, 0.25) is 0 Å². The Morgan fingerprint density at radius 2 is 1.81 bits per heavy atom. The van der Waals surface area contributed by atoms with Crippen LogP contribution in [0, 0.1) is 0 Å². The number of ether oxygens (including phenoxy) is 3. The first-order valence-corrected chi connectivity index (χ1v) is 12.3. The summed E-state index contributed by atoms with van der Waals surface area (Å²) in [7, 11) is 0. The molecule has 188 valence electrons. The Labute approximate surface area is 208 Å². The molecule has 2 aliphatic rings. The fourth-order valence-corrected chi connectivity index (χ4v) is 4.73. The van der Waals surface area contributed by atoms with Crippen molar-refractivity contribution in [1.82, 2.24) is 9.47 Å². The van der Waals surface area contributed by atoms with Crippen LogP contribution in [0.15, 0.2) is 53.5 Å². The molecule has 0 radical (unpaired) electrons. The second kappa shape index (κ2) is 10.3. The first-order valence-electron chi connectivity index (χ1n) is 12.3. The molecule has 0 unspecified atom stereocenters. The van der Waals surface area contributed by atoms with E-state index in [2.05, 4.69) is 5.32 Å². The summed E-state index contributed by atoms with van der Waals surface area (Å²) in [4.78, 5) is 40.1. The average molecular weight is 492 g/mol. The van der Waals surface area contributed by atoms with Crippen LogP contribution in [0.25, 0.3) is 10.8 Å². The van der Waals surface area contributed by atoms with Crippen molar-refractivity contribution in [2.75, 3.05) is 38.2 Å². The smallest absolute Gasteiger partial charge is 0.409 e. The van der Waals surface area contributed by atoms with Crippen molar-refractivity contribution >= 4 is 28.5 Å². The Hall–Kier alpha value is -4.01. The highest BCUT2D eigenvalue weighted by atomic mass is 16.6. The minimum absolute atomic E-state index is 0.00683. The van der Waals surface area contributed by atoms with E-state index in [0.29, 0.717) is 79.3 Å². The molecular weight excluding hydrogens is 462 g/mol. The maximum Gasteiger partial charge on any atom is 0.409 e. The monoisotopic (exact) mass is 491 g/mol. The molecule has 9 nitrogen and oxygen atoms in total. The summed E-state index contributed by atoms with van der Waals surface area (Å²) in [5.74, 6) is 0.881. The molecule has 0 aliphatic carbocycles. The number of piperidine rings is 1. The zero-order valence-electron chi connectivity index (χ0n) is 20.2. The summed E-state index contributed by atoms with van der Waals surface area (Å²) in [5.41, 5.74) is 0.887. The molecule has 9 heteroatoms. The summed E-state index contributed by atoms with van der Waals surface area (Å²) in [5, 5.41) is 4.14. The Morgan fingerprint density at radius 1 is 1.03 bits per heavy atom. The number of aromatic nitrogens is 1. The van der Waals surface area contributed by atoms with Crippen molar-refractivity contribution in [3.8, 4) is 11.5 Å². The van der Waals surface area contributed by atoms with Gasteiger partial charge in [-0.2, -0.15) is 0 Å². The SMILES string of the molecule is CCOC(=O)N1CCC(n2ccc3c(NC(=O)c4ccc5c(c4)OCCCO5)cccc3c2=O)CC1. The number of likely N-dealkylation sites (tertiary alicyclic amines) is 1. The van der Waals surface area contributed by atoms with Crippen LogP contribution >= 0.6 is 0 Å². The number of hydrogen-bond acceptors (Lipinski definition) is 6. The van der Waals surface area contributed by atoms with E-state index in [1.807, 2.05) is 6.07 Å². The molecule has 5 rings (SSSR count). The van der Waals surface area contributed by atoms with E-state index >= 15 is 0 Å². The van der Waals surface area contributed by atoms with Crippen LogP contribution in [0.5, 0.6) is 11.5 Å². The van der Waals surface area contributed by atoms with Gasteiger partial charge in [-0.15, -0.1) is 0 Å². The summed E-state index contributed by atoms with van der Waals surface area (Å²) in [6, 6.07) is 12.3. The molecule has 36 heavy (non-hydrogen) atoms. The fraction of sp³-hybridized carbons (Fsp3) is 0.370. The molecule has 0 saturated carbocycles. The van der Waals surface area contributed by atoms with Crippen LogP contribution < -0.4 is 20.3 Å². The highest BCUT2D eigenvalue weighted by molar-refractivity contribution is 6.09. The van der Waals surface area contributed by atoms with Gasteiger partial charge in [-0.05, 0) is 56.2 Å². The summed E-state index contributed by atoms with van der Waals surface area (Å²) in [6.07, 6.45) is 3.60. The summed E-state index contributed by atoms with van der Waals surface area (Å²) < 4.78 is 18.2. The number of pyridine rings is 1. The number of rotatable bonds is 4. The van der Waals surface area contributed by atoms with Gasteiger partial charge in [0.1, 0.15) is 0 Å². The van der Waals surface area contributed by atoms with Crippen molar-refractivity contribution < 1.29 is 23.8 Å². The normalized spacial score (nSPS) is 15.9. The van der Waals surface area contributed by atoms with Crippen LogP contribution in [0.3, 0.4) is 0 Å². The summed E-state index contributed by atoms with van der Waals surface area (Å²) >= 11 is 0. The van der Waals surface area contributed by atoms with E-state index in [1.54, 1.807) is 59.0 Å². The second-order valence-electron chi connectivity index (χ2n) is 8.88. The van der Waals surface area contributed by atoms with Gasteiger partial charge >= 0.3 is 6.09 Å². The van der Waals surface area contributed by atoms with E-state index in [9.17, 15) is 14.4 Å². The van der Waals surface area contributed by atoms with E-state index in [-0.39, 0.29) is 23.6 Å². The van der Waals surface area contributed by atoms with Gasteiger partial charge in [0.2, 0.25) is 0 Å². The van der Waals surface area contributed by atoms with E-state index in [4.69, 9.17) is 14.2 Å². The van der Waals surface area contributed by atoms with E-state index in [1.165, 1.54) is 0 Å². The van der Waals surface area contributed by atoms with Gasteiger partial charge in [-0.1, -0.05) is 6.07 Å². The maximum absolute atomic E-state index is 13.4. The van der Waals surface area contributed by atoms with Gasteiger partial charge in [0.25, 0.3) is 11.5 Å². The minimum Gasteiger partial charge on any atom is -0.490 e. The highest BCUT2D eigenvalue weighted by Gasteiger charge is 2.25. The van der Waals surface area contributed by atoms with Gasteiger partial charge in [-0.25, -0.2) is 4.79 Å². The van der Waals surface area contributed by atoms with Gasteiger partial charge in [0, 0.05) is 53.8 Å². The van der Waals surface area contributed by atoms with Crippen molar-refractivity contribution in [2.24, 2.45) is 0 Å². The van der Waals surface area contributed by atoms with E-state index < -0.39 is 0 Å². The number of fused-ring (bicyclic) bond motifs is 2. The third kappa shape index (κ3) is 4.73. The molecule has 0 bridgehead atoms. The first-order chi connectivity index (χ1) is 17.5. The zero-order chi connectivity index (χ0) is 25.1. The molecule has 3 aromatic rings. The number of carbonyl (C=O) groups excluding carboxylic acids is 2.